The van der Waals surface area contributed by atoms with Crippen LogP contribution in [0, 0.1) is 0 Å². The predicted octanol–water partition coefficient (Wildman–Crippen LogP) is 23.7. The summed E-state index contributed by atoms with van der Waals surface area (Å²) < 4.78 is 17.0. The topological polar surface area (TPSA) is 78.9 Å². The standard InChI is InChI=1S/C72H132O6/c1-4-7-10-13-16-19-22-25-28-31-33-34-35-36-37-38-39-42-44-47-50-53-56-59-62-65-71(74)77-68-69(67-76-70(73)64-61-58-55-52-49-46-43-40-30-27-24-21-18-15-12-9-6-3)78-72(75)66-63-60-57-54-51-48-45-41-32-29-26-23-20-17-14-11-8-5-2/h22,25,27,30-31,33,35-36,69H,4-21,23-24,26,28-29,32,34,37-68H2,1-3H3/b25-22-,30-27-,33-31-,36-35-. The van der Waals surface area contributed by atoms with Gasteiger partial charge in [-0.05, 0) is 83.5 Å². The fraction of sp³-hybridized carbons (Fsp3) is 0.847. The number of hydrogen-bond donors (Lipinski definition) is 0. The van der Waals surface area contributed by atoms with Crippen LogP contribution in [0.15, 0.2) is 48.6 Å². The molecule has 0 saturated heterocycles. The van der Waals surface area contributed by atoms with E-state index in [-0.39, 0.29) is 31.1 Å². The zero-order valence-corrected chi connectivity index (χ0v) is 52.5. The number of carbonyl (C=O) groups excluding carboxylic acids is 3. The summed E-state index contributed by atoms with van der Waals surface area (Å²) in [6.45, 7) is 6.68. The first-order valence-corrected chi connectivity index (χ1v) is 34.6. The van der Waals surface area contributed by atoms with Crippen molar-refractivity contribution < 1.29 is 28.6 Å². The molecule has 0 aromatic carbocycles. The lowest BCUT2D eigenvalue weighted by atomic mass is 10.0. The minimum atomic E-state index is -0.776. The van der Waals surface area contributed by atoms with Crippen molar-refractivity contribution in [2.45, 2.75) is 380 Å². The molecule has 0 aromatic rings. The van der Waals surface area contributed by atoms with E-state index >= 15 is 0 Å². The Morgan fingerprint density at radius 3 is 0.731 bits per heavy atom. The Balaban J connectivity index is 4.31. The van der Waals surface area contributed by atoms with Gasteiger partial charge in [0.05, 0.1) is 0 Å². The quantitative estimate of drug-likeness (QED) is 0.0261. The molecule has 0 radical (unpaired) electrons. The van der Waals surface area contributed by atoms with Crippen LogP contribution in [0.4, 0.5) is 0 Å². The average molecular weight is 1090 g/mol. The predicted molar refractivity (Wildman–Crippen MR) is 339 cm³/mol. The van der Waals surface area contributed by atoms with Gasteiger partial charge in [0.1, 0.15) is 13.2 Å². The van der Waals surface area contributed by atoms with Crippen LogP contribution in [0.1, 0.15) is 374 Å². The van der Waals surface area contributed by atoms with E-state index in [4.69, 9.17) is 14.2 Å². The third kappa shape index (κ3) is 64.2. The van der Waals surface area contributed by atoms with E-state index < -0.39 is 6.10 Å². The highest BCUT2D eigenvalue weighted by Crippen LogP contribution is 2.18. The molecule has 0 fully saturated rings. The van der Waals surface area contributed by atoms with Gasteiger partial charge >= 0.3 is 17.9 Å². The molecule has 0 aliphatic carbocycles. The summed E-state index contributed by atoms with van der Waals surface area (Å²) >= 11 is 0. The molecule has 1 unspecified atom stereocenters. The van der Waals surface area contributed by atoms with Crippen molar-refractivity contribution in [3.8, 4) is 0 Å². The van der Waals surface area contributed by atoms with Gasteiger partial charge < -0.3 is 14.2 Å². The highest BCUT2D eigenvalue weighted by atomic mass is 16.6. The second-order valence-corrected chi connectivity index (χ2v) is 23.4. The molecule has 6 heteroatoms. The van der Waals surface area contributed by atoms with E-state index in [9.17, 15) is 14.4 Å². The van der Waals surface area contributed by atoms with Crippen molar-refractivity contribution >= 4 is 17.9 Å². The molecular weight excluding hydrogens is 961 g/mol. The lowest BCUT2D eigenvalue weighted by molar-refractivity contribution is -0.167. The van der Waals surface area contributed by atoms with Crippen LogP contribution in [0.2, 0.25) is 0 Å². The number of hydrogen-bond acceptors (Lipinski definition) is 6. The zero-order valence-electron chi connectivity index (χ0n) is 52.5. The molecule has 0 aliphatic heterocycles. The highest BCUT2D eigenvalue weighted by molar-refractivity contribution is 5.71. The van der Waals surface area contributed by atoms with Crippen LogP contribution in [0.25, 0.3) is 0 Å². The monoisotopic (exact) mass is 1090 g/mol. The number of rotatable bonds is 64. The number of esters is 3. The van der Waals surface area contributed by atoms with Crippen molar-refractivity contribution in [2.75, 3.05) is 13.2 Å². The first-order chi connectivity index (χ1) is 38.5. The number of allylic oxidation sites excluding steroid dienone is 8. The molecule has 0 N–H and O–H groups in total. The Bertz CT molecular complexity index is 1350. The summed E-state index contributed by atoms with van der Waals surface area (Å²) in [6.07, 6.45) is 84.1. The Hall–Kier alpha value is -2.63. The van der Waals surface area contributed by atoms with Gasteiger partial charge in [0.25, 0.3) is 0 Å². The lowest BCUT2D eigenvalue weighted by Crippen LogP contribution is -2.30. The van der Waals surface area contributed by atoms with Crippen molar-refractivity contribution in [2.24, 2.45) is 0 Å². The maximum Gasteiger partial charge on any atom is 0.306 e. The Kier molecular flexibility index (Phi) is 64.6. The third-order valence-electron chi connectivity index (χ3n) is 15.6. The molecule has 456 valence electrons. The zero-order chi connectivity index (χ0) is 56.4. The summed E-state index contributed by atoms with van der Waals surface area (Å²) in [7, 11) is 0. The van der Waals surface area contributed by atoms with E-state index in [1.807, 2.05) is 0 Å². The molecule has 0 aromatic heterocycles. The molecule has 0 heterocycles. The SMILES string of the molecule is CCCCCCC/C=C\C/C=C\C/C=C\CCCCCCCCCCCCC(=O)OCC(COC(=O)CCCCCCCCC/C=C\CCCCCCCC)OC(=O)CCCCCCCCCCCCCCCCCCCC. The van der Waals surface area contributed by atoms with Gasteiger partial charge in [0.2, 0.25) is 0 Å². The van der Waals surface area contributed by atoms with Gasteiger partial charge in [-0.3, -0.25) is 14.4 Å². The molecule has 0 bridgehead atoms. The van der Waals surface area contributed by atoms with Gasteiger partial charge in [0, 0.05) is 19.3 Å². The van der Waals surface area contributed by atoms with Crippen LogP contribution >= 0.6 is 0 Å². The minimum absolute atomic E-state index is 0.0723. The van der Waals surface area contributed by atoms with Crippen LogP contribution in [0.3, 0.4) is 0 Å². The molecular formula is C72H132O6. The minimum Gasteiger partial charge on any atom is -0.462 e. The first-order valence-electron chi connectivity index (χ1n) is 34.6. The largest absolute Gasteiger partial charge is 0.462 e. The van der Waals surface area contributed by atoms with Crippen molar-refractivity contribution in [3.05, 3.63) is 48.6 Å². The summed E-state index contributed by atoms with van der Waals surface area (Å²) in [4.78, 5) is 38.4. The van der Waals surface area contributed by atoms with E-state index in [0.29, 0.717) is 19.3 Å². The molecule has 1 atom stereocenters. The molecule has 0 amide bonds. The van der Waals surface area contributed by atoms with Gasteiger partial charge in [-0.25, -0.2) is 0 Å². The fourth-order valence-electron chi connectivity index (χ4n) is 10.3. The summed E-state index contributed by atoms with van der Waals surface area (Å²) in [6, 6.07) is 0. The number of ether oxygens (including phenoxy) is 3. The molecule has 6 nitrogen and oxygen atoms in total. The number of unbranched alkanes of at least 4 members (excludes halogenated alkanes) is 45. The maximum absolute atomic E-state index is 12.9. The fourth-order valence-corrected chi connectivity index (χ4v) is 10.3. The Labute approximate surface area is 486 Å². The van der Waals surface area contributed by atoms with Gasteiger partial charge in [-0.1, -0.05) is 320 Å². The highest BCUT2D eigenvalue weighted by Gasteiger charge is 2.19. The summed E-state index contributed by atoms with van der Waals surface area (Å²) in [5.74, 6) is -0.854. The number of carbonyl (C=O) groups is 3. The van der Waals surface area contributed by atoms with E-state index in [2.05, 4.69) is 69.4 Å². The Morgan fingerprint density at radius 2 is 0.462 bits per heavy atom. The Morgan fingerprint density at radius 1 is 0.256 bits per heavy atom. The average Bonchev–Trinajstić information content (AvgIpc) is 3.44. The van der Waals surface area contributed by atoms with Crippen LogP contribution in [0.5, 0.6) is 0 Å². The van der Waals surface area contributed by atoms with E-state index in [1.165, 1.54) is 263 Å². The lowest BCUT2D eigenvalue weighted by Gasteiger charge is -2.18. The van der Waals surface area contributed by atoms with Crippen molar-refractivity contribution in [1.82, 2.24) is 0 Å². The second-order valence-electron chi connectivity index (χ2n) is 23.4. The molecule has 78 heavy (non-hydrogen) atoms. The van der Waals surface area contributed by atoms with Gasteiger partial charge in [-0.2, -0.15) is 0 Å². The summed E-state index contributed by atoms with van der Waals surface area (Å²) in [5, 5.41) is 0. The van der Waals surface area contributed by atoms with E-state index in [0.717, 1.165) is 70.6 Å². The van der Waals surface area contributed by atoms with Gasteiger partial charge in [0.15, 0.2) is 6.10 Å². The summed E-state index contributed by atoms with van der Waals surface area (Å²) in [5.41, 5.74) is 0. The van der Waals surface area contributed by atoms with Crippen molar-refractivity contribution in [3.63, 3.8) is 0 Å². The van der Waals surface area contributed by atoms with E-state index in [1.54, 1.807) is 0 Å². The third-order valence-corrected chi connectivity index (χ3v) is 15.6. The van der Waals surface area contributed by atoms with Crippen LogP contribution < -0.4 is 0 Å². The maximum atomic E-state index is 12.9. The normalized spacial score (nSPS) is 12.3. The molecule has 0 rings (SSSR count). The molecule has 0 spiro atoms. The van der Waals surface area contributed by atoms with Crippen molar-refractivity contribution in [1.29, 1.82) is 0 Å². The first kappa shape index (κ1) is 75.4. The van der Waals surface area contributed by atoms with Crippen LogP contribution in [-0.2, 0) is 28.6 Å². The second kappa shape index (κ2) is 66.9. The van der Waals surface area contributed by atoms with Crippen LogP contribution in [-0.4, -0.2) is 37.2 Å². The molecule has 0 saturated carbocycles. The molecule has 0 aliphatic rings. The smallest absolute Gasteiger partial charge is 0.306 e. The van der Waals surface area contributed by atoms with Gasteiger partial charge in [-0.15, -0.1) is 0 Å².